The number of nitrogens with zero attached hydrogens (tertiary/aromatic N) is 3. The molecule has 2 aromatic carbocycles. The lowest BCUT2D eigenvalue weighted by Gasteiger charge is -2.27. The van der Waals surface area contributed by atoms with E-state index in [0.717, 1.165) is 35.6 Å². The lowest BCUT2D eigenvalue weighted by atomic mass is 10.0. The molecule has 0 saturated carbocycles. The fourth-order valence-electron chi connectivity index (χ4n) is 4.16. The highest BCUT2D eigenvalue weighted by atomic mass is 19.4. The van der Waals surface area contributed by atoms with Gasteiger partial charge >= 0.3 is 6.18 Å². The van der Waals surface area contributed by atoms with Crippen molar-refractivity contribution in [2.45, 2.75) is 18.6 Å². The molecule has 1 aliphatic rings. The number of benzene rings is 2. The quantitative estimate of drug-likeness (QED) is 0.416. The van der Waals surface area contributed by atoms with E-state index in [2.05, 4.69) is 25.2 Å². The van der Waals surface area contributed by atoms with Gasteiger partial charge in [-0.3, -0.25) is 0 Å². The summed E-state index contributed by atoms with van der Waals surface area (Å²) in [5.74, 6) is 0.850. The zero-order valence-electron chi connectivity index (χ0n) is 18.3. The van der Waals surface area contributed by atoms with E-state index < -0.39 is 12.2 Å². The molecular weight excluding hydrogens is 443 g/mol. The van der Waals surface area contributed by atoms with Crippen LogP contribution < -0.4 is 10.2 Å². The lowest BCUT2D eigenvalue weighted by Crippen LogP contribution is -2.38. The van der Waals surface area contributed by atoms with Gasteiger partial charge in [0.05, 0.1) is 18.6 Å². The van der Waals surface area contributed by atoms with Crippen LogP contribution in [0.4, 0.5) is 24.7 Å². The summed E-state index contributed by atoms with van der Waals surface area (Å²) >= 11 is 0. The van der Waals surface area contributed by atoms with Crippen LogP contribution in [0.1, 0.15) is 5.56 Å². The summed E-state index contributed by atoms with van der Waals surface area (Å²) < 4.78 is 46.4. The summed E-state index contributed by atoms with van der Waals surface area (Å²) in [6.45, 7) is 2.83. The highest BCUT2D eigenvalue weighted by Gasteiger charge is 2.39. The van der Waals surface area contributed by atoms with Crippen LogP contribution >= 0.6 is 0 Å². The van der Waals surface area contributed by atoms with Crippen molar-refractivity contribution in [2.24, 2.45) is 0 Å². The first-order chi connectivity index (χ1) is 16.5. The molecule has 0 bridgehead atoms. The van der Waals surface area contributed by atoms with E-state index in [1.54, 1.807) is 54.6 Å². The number of hydrogen-bond donors (Lipinski definition) is 2. The molecule has 1 atom stereocenters. The van der Waals surface area contributed by atoms with Gasteiger partial charge in [-0.25, -0.2) is 9.97 Å². The Kier molecular flexibility index (Phi) is 6.10. The molecule has 6 nitrogen and oxygen atoms in total. The third-order valence-electron chi connectivity index (χ3n) is 5.93. The Hall–Kier alpha value is -3.59. The Morgan fingerprint density at radius 1 is 1.00 bits per heavy atom. The van der Waals surface area contributed by atoms with E-state index in [-0.39, 0.29) is 6.42 Å². The first-order valence-electron chi connectivity index (χ1n) is 11.1. The van der Waals surface area contributed by atoms with E-state index in [0.29, 0.717) is 30.1 Å². The summed E-state index contributed by atoms with van der Waals surface area (Å²) in [4.78, 5) is 14.3. The number of anilines is 2. The summed E-state index contributed by atoms with van der Waals surface area (Å²) in [6.07, 6.45) is -2.98. The molecule has 2 N–H and O–H groups in total. The largest absolute Gasteiger partial charge is 0.408 e. The Morgan fingerprint density at radius 3 is 2.44 bits per heavy atom. The van der Waals surface area contributed by atoms with Gasteiger partial charge in [0.2, 0.25) is 0 Å². The highest BCUT2D eigenvalue weighted by Crippen LogP contribution is 2.31. The minimum absolute atomic E-state index is 0.142. The van der Waals surface area contributed by atoms with Gasteiger partial charge < -0.3 is 19.9 Å². The first kappa shape index (κ1) is 22.2. The monoisotopic (exact) mass is 467 g/mol. The van der Waals surface area contributed by atoms with Crippen LogP contribution in [0.15, 0.2) is 67.0 Å². The van der Waals surface area contributed by atoms with Crippen LogP contribution in [0.2, 0.25) is 0 Å². The van der Waals surface area contributed by atoms with Crippen molar-refractivity contribution in [3.05, 3.63) is 72.6 Å². The summed E-state index contributed by atoms with van der Waals surface area (Å²) in [5.41, 5.74) is 3.43. The molecule has 1 saturated heterocycles. The minimum atomic E-state index is -4.37. The van der Waals surface area contributed by atoms with Crippen LogP contribution in [0.5, 0.6) is 0 Å². The number of alkyl halides is 3. The number of hydrogen-bond acceptors (Lipinski definition) is 5. The smallest absolute Gasteiger partial charge is 0.378 e. The molecule has 1 aliphatic heterocycles. The van der Waals surface area contributed by atoms with Gasteiger partial charge in [0, 0.05) is 30.9 Å². The number of rotatable bonds is 6. The maximum absolute atomic E-state index is 13.7. The number of H-pyrrole nitrogens is 1. The Morgan fingerprint density at radius 2 is 1.74 bits per heavy atom. The molecule has 34 heavy (non-hydrogen) atoms. The fourth-order valence-corrected chi connectivity index (χ4v) is 4.16. The number of ether oxygens (including phenoxy) is 1. The molecule has 5 rings (SSSR count). The molecule has 0 amide bonds. The second-order valence-electron chi connectivity index (χ2n) is 8.25. The van der Waals surface area contributed by atoms with E-state index in [1.807, 2.05) is 6.07 Å². The third kappa shape index (κ3) is 4.84. The van der Waals surface area contributed by atoms with Crippen molar-refractivity contribution in [3.63, 3.8) is 0 Å². The van der Waals surface area contributed by atoms with E-state index in [9.17, 15) is 13.2 Å². The van der Waals surface area contributed by atoms with Crippen LogP contribution in [0, 0.1) is 0 Å². The van der Waals surface area contributed by atoms with Crippen molar-refractivity contribution in [3.8, 4) is 11.3 Å². The normalized spacial score (nSPS) is 15.4. The number of halogens is 3. The SMILES string of the molecule is FC(F)(F)C(Cc1ccccc1)Nc1ccc(-c2cc3c(N4CCOCC4)ncnc3[nH]2)cc1. The molecule has 1 fully saturated rings. The highest BCUT2D eigenvalue weighted by molar-refractivity contribution is 5.92. The zero-order chi connectivity index (χ0) is 23.5. The minimum Gasteiger partial charge on any atom is -0.378 e. The van der Waals surface area contributed by atoms with Crippen LogP contribution in [0.3, 0.4) is 0 Å². The molecule has 2 aromatic heterocycles. The van der Waals surface area contributed by atoms with E-state index >= 15 is 0 Å². The molecule has 9 heteroatoms. The van der Waals surface area contributed by atoms with Crippen LogP contribution in [0.25, 0.3) is 22.3 Å². The van der Waals surface area contributed by atoms with Crippen molar-refractivity contribution >= 4 is 22.5 Å². The standard InChI is InChI=1S/C25H24F3N5O/c26-25(27,28)22(14-17-4-2-1-3-5-17)31-19-8-6-18(7-9-19)21-15-20-23(32-21)29-16-30-24(20)33-10-12-34-13-11-33/h1-9,15-16,22,31H,10-14H2,(H,29,30,32). The maximum atomic E-state index is 13.7. The van der Waals surface area contributed by atoms with Gasteiger partial charge in [0.1, 0.15) is 23.8 Å². The third-order valence-corrected chi connectivity index (χ3v) is 5.93. The van der Waals surface area contributed by atoms with Crippen LogP contribution in [-0.4, -0.2) is 53.5 Å². The summed E-state index contributed by atoms with van der Waals surface area (Å²) in [7, 11) is 0. The van der Waals surface area contributed by atoms with Gasteiger partial charge in [0.25, 0.3) is 0 Å². The van der Waals surface area contributed by atoms with Crippen LogP contribution in [-0.2, 0) is 11.2 Å². The first-order valence-corrected chi connectivity index (χ1v) is 11.1. The summed E-state index contributed by atoms with van der Waals surface area (Å²) in [5, 5.41) is 3.55. The number of morpholine rings is 1. The molecule has 4 aromatic rings. The van der Waals surface area contributed by atoms with Crippen molar-refractivity contribution in [2.75, 3.05) is 36.5 Å². The summed E-state index contributed by atoms with van der Waals surface area (Å²) in [6, 6.07) is 15.9. The predicted molar refractivity (Wildman–Crippen MR) is 126 cm³/mol. The average molecular weight is 467 g/mol. The fraction of sp³-hybridized carbons (Fsp3) is 0.280. The lowest BCUT2D eigenvalue weighted by molar-refractivity contribution is -0.142. The zero-order valence-corrected chi connectivity index (χ0v) is 18.3. The number of nitrogens with one attached hydrogen (secondary N) is 2. The van der Waals surface area contributed by atoms with Crippen molar-refractivity contribution in [1.82, 2.24) is 15.0 Å². The van der Waals surface area contributed by atoms with Gasteiger partial charge in [-0.2, -0.15) is 13.2 Å². The van der Waals surface area contributed by atoms with E-state index in [4.69, 9.17) is 4.74 Å². The second-order valence-corrected chi connectivity index (χ2v) is 8.25. The average Bonchev–Trinajstić information content (AvgIpc) is 3.29. The van der Waals surface area contributed by atoms with Gasteiger partial charge in [-0.15, -0.1) is 0 Å². The van der Waals surface area contributed by atoms with Gasteiger partial charge in [0.15, 0.2) is 0 Å². The maximum Gasteiger partial charge on any atom is 0.408 e. The number of fused-ring (bicyclic) bond motifs is 1. The molecular formula is C25H24F3N5O. The number of aromatic nitrogens is 3. The van der Waals surface area contributed by atoms with Crippen molar-refractivity contribution in [1.29, 1.82) is 0 Å². The van der Waals surface area contributed by atoms with E-state index in [1.165, 1.54) is 6.33 Å². The molecule has 0 radical (unpaired) electrons. The predicted octanol–water partition coefficient (Wildman–Crippen LogP) is 5.05. The van der Waals surface area contributed by atoms with Gasteiger partial charge in [-0.1, -0.05) is 42.5 Å². The Labute approximate surface area is 194 Å². The van der Waals surface area contributed by atoms with Gasteiger partial charge in [-0.05, 0) is 29.3 Å². The van der Waals surface area contributed by atoms with Crippen molar-refractivity contribution < 1.29 is 17.9 Å². The molecule has 3 heterocycles. The molecule has 176 valence electrons. The number of aromatic amines is 1. The Balaban J connectivity index is 1.36. The second kappa shape index (κ2) is 9.34. The topological polar surface area (TPSA) is 66.1 Å². The molecule has 1 unspecified atom stereocenters. The Bertz CT molecular complexity index is 1240. The molecule has 0 spiro atoms. The molecule has 0 aliphatic carbocycles.